The quantitative estimate of drug-likeness (QED) is 0.437. The van der Waals surface area contributed by atoms with Crippen LogP contribution in [-0.4, -0.2) is 46.5 Å². The lowest BCUT2D eigenvalue weighted by atomic mass is 9.94. The van der Waals surface area contributed by atoms with Crippen molar-refractivity contribution in [3.05, 3.63) is 65.4 Å². The number of ether oxygens (including phenoxy) is 1. The standard InChI is InChI=1S/C25H26F4N4O3/c1-14-9-15(3-5-18(14)24(35)30-2)33-13-32-23-20(31-8-7-25(27,28)29)11-17(12-21(23)33)36-22-6-4-16(34)10-19(22)26/h3-6,11-13,15,19,31,34H,7-10H2,1-2H3,(H,30,35). The third kappa shape index (κ3) is 5.55. The molecular formula is C25H26F4N4O3. The first-order chi connectivity index (χ1) is 17.1. The summed E-state index contributed by atoms with van der Waals surface area (Å²) in [5, 5.41) is 14.9. The van der Waals surface area contributed by atoms with E-state index in [1.54, 1.807) is 25.5 Å². The molecule has 0 radical (unpaired) electrons. The Morgan fingerprint density at radius 2 is 2.06 bits per heavy atom. The highest BCUT2D eigenvalue weighted by Gasteiger charge is 2.27. The van der Waals surface area contributed by atoms with E-state index in [0.29, 0.717) is 28.7 Å². The number of allylic oxidation sites excluding steroid dienone is 6. The van der Waals surface area contributed by atoms with Crippen LogP contribution in [0.2, 0.25) is 0 Å². The monoisotopic (exact) mass is 506 g/mol. The zero-order valence-electron chi connectivity index (χ0n) is 19.7. The fraction of sp³-hybridized carbons (Fsp3) is 0.360. The number of likely N-dealkylation sites (N-methyl/N-ethyl adjacent to an activating group) is 1. The van der Waals surface area contributed by atoms with Gasteiger partial charge in [-0.1, -0.05) is 17.7 Å². The maximum Gasteiger partial charge on any atom is 0.390 e. The van der Waals surface area contributed by atoms with Gasteiger partial charge in [0.05, 0.1) is 35.8 Å². The van der Waals surface area contributed by atoms with Crippen molar-refractivity contribution in [2.45, 2.75) is 44.6 Å². The molecule has 2 aromatic rings. The molecule has 2 unspecified atom stereocenters. The molecule has 0 spiro atoms. The van der Waals surface area contributed by atoms with Crippen LogP contribution in [0.3, 0.4) is 0 Å². The highest BCUT2D eigenvalue weighted by atomic mass is 19.4. The van der Waals surface area contributed by atoms with Gasteiger partial charge in [-0.05, 0) is 25.5 Å². The molecule has 1 heterocycles. The minimum atomic E-state index is -4.33. The number of rotatable bonds is 7. The number of carbonyl (C=O) groups excluding carboxylic acids is 1. The number of hydrogen-bond donors (Lipinski definition) is 3. The summed E-state index contributed by atoms with van der Waals surface area (Å²) in [4.78, 5) is 16.5. The van der Waals surface area contributed by atoms with Crippen LogP contribution in [0.25, 0.3) is 11.0 Å². The molecular weight excluding hydrogens is 480 g/mol. The largest absolute Gasteiger partial charge is 0.512 e. The zero-order valence-corrected chi connectivity index (χ0v) is 19.7. The molecule has 2 aliphatic rings. The van der Waals surface area contributed by atoms with Gasteiger partial charge in [-0.25, -0.2) is 9.37 Å². The van der Waals surface area contributed by atoms with Gasteiger partial charge in [0.1, 0.15) is 17.0 Å². The Morgan fingerprint density at radius 3 is 2.72 bits per heavy atom. The van der Waals surface area contributed by atoms with Gasteiger partial charge in [0.15, 0.2) is 6.17 Å². The predicted molar refractivity (Wildman–Crippen MR) is 127 cm³/mol. The number of amides is 1. The molecule has 1 amide bonds. The number of imidazole rings is 1. The van der Waals surface area contributed by atoms with Gasteiger partial charge in [0, 0.05) is 37.7 Å². The van der Waals surface area contributed by atoms with Gasteiger partial charge < -0.3 is 25.0 Å². The van der Waals surface area contributed by atoms with E-state index < -0.39 is 18.8 Å². The third-order valence-electron chi connectivity index (χ3n) is 6.04. The minimum Gasteiger partial charge on any atom is -0.512 e. The van der Waals surface area contributed by atoms with Crippen molar-refractivity contribution in [2.24, 2.45) is 0 Å². The second-order valence-corrected chi connectivity index (χ2v) is 8.69. The lowest BCUT2D eigenvalue weighted by Gasteiger charge is -2.22. The first-order valence-corrected chi connectivity index (χ1v) is 11.4. The summed E-state index contributed by atoms with van der Waals surface area (Å²) in [6.07, 6.45) is 1.19. The summed E-state index contributed by atoms with van der Waals surface area (Å²) in [6, 6.07) is 2.92. The fourth-order valence-electron chi connectivity index (χ4n) is 4.21. The lowest BCUT2D eigenvalue weighted by molar-refractivity contribution is -0.131. The fourth-order valence-corrected chi connectivity index (χ4v) is 4.21. The molecule has 1 aromatic carbocycles. The molecule has 7 nitrogen and oxygen atoms in total. The van der Waals surface area contributed by atoms with Gasteiger partial charge in [0.25, 0.3) is 5.91 Å². The van der Waals surface area contributed by atoms with Crippen molar-refractivity contribution >= 4 is 22.6 Å². The van der Waals surface area contributed by atoms with Crippen molar-refractivity contribution in [3.8, 4) is 5.75 Å². The zero-order chi connectivity index (χ0) is 26.0. The summed E-state index contributed by atoms with van der Waals surface area (Å²) in [7, 11) is 1.56. The van der Waals surface area contributed by atoms with Crippen molar-refractivity contribution < 1.29 is 32.2 Å². The smallest absolute Gasteiger partial charge is 0.390 e. The molecule has 192 valence electrons. The Balaban J connectivity index is 1.69. The average molecular weight is 507 g/mol. The van der Waals surface area contributed by atoms with E-state index in [-0.39, 0.29) is 42.2 Å². The molecule has 0 aliphatic heterocycles. The lowest BCUT2D eigenvalue weighted by Crippen LogP contribution is -2.22. The van der Waals surface area contributed by atoms with Gasteiger partial charge in [0.2, 0.25) is 0 Å². The highest BCUT2D eigenvalue weighted by Crippen LogP contribution is 2.36. The number of alkyl halides is 4. The van der Waals surface area contributed by atoms with Crippen molar-refractivity contribution in [1.29, 1.82) is 0 Å². The van der Waals surface area contributed by atoms with Gasteiger partial charge in [-0.15, -0.1) is 0 Å². The van der Waals surface area contributed by atoms with Crippen LogP contribution >= 0.6 is 0 Å². The van der Waals surface area contributed by atoms with Gasteiger partial charge >= 0.3 is 6.18 Å². The Labute approximate surface area is 204 Å². The molecule has 0 fully saturated rings. The molecule has 3 N–H and O–H groups in total. The Bertz CT molecular complexity index is 1290. The van der Waals surface area contributed by atoms with E-state index in [1.807, 2.05) is 17.6 Å². The number of nitrogens with zero attached hydrogens (tertiary/aromatic N) is 2. The van der Waals surface area contributed by atoms with Crippen molar-refractivity contribution in [1.82, 2.24) is 14.9 Å². The summed E-state index contributed by atoms with van der Waals surface area (Å²) in [5.74, 6) is -0.112. The Kier molecular flexibility index (Phi) is 7.09. The van der Waals surface area contributed by atoms with Gasteiger partial charge in [-0.2, -0.15) is 13.2 Å². The topological polar surface area (TPSA) is 88.4 Å². The molecule has 0 saturated heterocycles. The van der Waals surface area contributed by atoms with E-state index >= 15 is 0 Å². The second-order valence-electron chi connectivity index (χ2n) is 8.69. The van der Waals surface area contributed by atoms with Crippen LogP contribution in [0.1, 0.15) is 32.2 Å². The summed E-state index contributed by atoms with van der Waals surface area (Å²) in [6.45, 7) is 1.49. The molecule has 4 rings (SSSR count). The Hall–Kier alpha value is -3.76. The molecule has 36 heavy (non-hydrogen) atoms. The van der Waals surface area contributed by atoms with Crippen LogP contribution in [0, 0.1) is 0 Å². The molecule has 0 bridgehead atoms. The van der Waals surface area contributed by atoms with Crippen LogP contribution in [0.4, 0.5) is 23.2 Å². The summed E-state index contributed by atoms with van der Waals surface area (Å²) >= 11 is 0. The maximum absolute atomic E-state index is 14.4. The Morgan fingerprint density at radius 1 is 1.28 bits per heavy atom. The van der Waals surface area contributed by atoms with Crippen LogP contribution < -0.4 is 15.4 Å². The number of carbonyl (C=O) groups is 1. The van der Waals surface area contributed by atoms with E-state index in [2.05, 4.69) is 15.6 Å². The number of aromatic nitrogens is 2. The van der Waals surface area contributed by atoms with E-state index in [1.165, 1.54) is 18.2 Å². The third-order valence-corrected chi connectivity index (χ3v) is 6.04. The SMILES string of the molecule is CNC(=O)C1=C(C)CC(n2cnc3c(NCCC(F)(F)F)cc(OC4=CC=C(O)CC4F)cc32)C=C1. The van der Waals surface area contributed by atoms with Crippen LogP contribution in [-0.2, 0) is 4.79 Å². The van der Waals surface area contributed by atoms with Crippen molar-refractivity contribution in [2.75, 3.05) is 18.9 Å². The number of aliphatic hydroxyl groups is 1. The van der Waals surface area contributed by atoms with E-state index in [9.17, 15) is 27.5 Å². The number of benzene rings is 1. The first-order valence-electron chi connectivity index (χ1n) is 11.4. The highest BCUT2D eigenvalue weighted by molar-refractivity contribution is 5.97. The van der Waals surface area contributed by atoms with E-state index in [0.717, 1.165) is 5.57 Å². The van der Waals surface area contributed by atoms with E-state index in [4.69, 9.17) is 4.74 Å². The average Bonchev–Trinajstić information content (AvgIpc) is 3.23. The molecule has 11 heteroatoms. The predicted octanol–water partition coefficient (Wildman–Crippen LogP) is 5.41. The number of aliphatic hydroxyl groups excluding tert-OH is 1. The molecule has 2 atom stereocenters. The minimum absolute atomic E-state index is 0.0222. The van der Waals surface area contributed by atoms with Gasteiger partial charge in [-0.3, -0.25) is 4.79 Å². The number of halogens is 4. The van der Waals surface area contributed by atoms with Crippen LogP contribution in [0.5, 0.6) is 5.75 Å². The number of nitrogens with one attached hydrogen (secondary N) is 2. The summed E-state index contributed by atoms with van der Waals surface area (Å²) in [5.41, 5.74) is 2.76. The molecule has 1 aromatic heterocycles. The maximum atomic E-state index is 14.4. The number of fused-ring (bicyclic) bond motifs is 1. The van der Waals surface area contributed by atoms with Crippen molar-refractivity contribution in [3.63, 3.8) is 0 Å². The normalized spacial score (nSPS) is 20.3. The second kappa shape index (κ2) is 10.1. The molecule has 2 aliphatic carbocycles. The summed E-state index contributed by atoms with van der Waals surface area (Å²) < 4.78 is 60.2. The molecule has 0 saturated carbocycles. The first kappa shape index (κ1) is 25.3. The number of anilines is 1. The number of hydrogen-bond acceptors (Lipinski definition) is 5. The van der Waals surface area contributed by atoms with Crippen LogP contribution in [0.15, 0.2) is 65.4 Å².